The summed E-state index contributed by atoms with van der Waals surface area (Å²) in [6.45, 7) is 4.96. The Bertz CT molecular complexity index is 538. The number of hydrogen-bond acceptors (Lipinski definition) is 4. The normalized spacial score (nSPS) is 28.8. The van der Waals surface area contributed by atoms with E-state index in [1.807, 2.05) is 6.92 Å². The Morgan fingerprint density at radius 1 is 1.39 bits per heavy atom. The van der Waals surface area contributed by atoms with Crippen LogP contribution in [-0.4, -0.2) is 38.9 Å². The minimum Gasteiger partial charge on any atom is -0.316 e. The summed E-state index contributed by atoms with van der Waals surface area (Å²) in [5, 5.41) is 3.31. The molecular weight excluding hydrogens is 292 g/mol. The number of halogens is 1. The van der Waals surface area contributed by atoms with Gasteiger partial charge >= 0.3 is 0 Å². The second-order valence-corrected chi connectivity index (χ2v) is 8.84. The number of sulfonamides is 1. The van der Waals surface area contributed by atoms with Crippen LogP contribution in [0, 0.1) is 18.8 Å². The maximum atomic E-state index is 12.5. The highest BCUT2D eigenvalue weighted by molar-refractivity contribution is 7.91. The average molecular weight is 307 g/mol. The van der Waals surface area contributed by atoms with E-state index in [-0.39, 0.29) is 0 Å². The number of hydrogen-bond donors (Lipinski definition) is 1. The van der Waals surface area contributed by atoms with Crippen molar-refractivity contribution >= 4 is 33.0 Å². The lowest BCUT2D eigenvalue weighted by Crippen LogP contribution is -2.31. The largest absolute Gasteiger partial charge is 0.316 e. The Morgan fingerprint density at radius 3 is 2.50 bits per heavy atom. The van der Waals surface area contributed by atoms with Gasteiger partial charge in [0.25, 0.3) is 10.0 Å². The summed E-state index contributed by atoms with van der Waals surface area (Å²) in [5.74, 6) is 0.938. The van der Waals surface area contributed by atoms with Crippen molar-refractivity contribution in [2.75, 3.05) is 26.2 Å². The van der Waals surface area contributed by atoms with E-state index in [0.717, 1.165) is 30.0 Å². The molecule has 0 radical (unpaired) electrons. The third kappa shape index (κ3) is 2.00. The topological polar surface area (TPSA) is 49.4 Å². The SMILES string of the molecule is Cc1cc(S(=O)(=O)N2C[C@H]3CNC[C@H]3C2)sc1Cl. The molecular formula is C11H15ClN2O2S2. The Kier molecular flexibility index (Phi) is 3.18. The van der Waals surface area contributed by atoms with Gasteiger partial charge in [-0.15, -0.1) is 11.3 Å². The van der Waals surface area contributed by atoms with Crippen molar-refractivity contribution in [1.82, 2.24) is 9.62 Å². The van der Waals surface area contributed by atoms with Crippen LogP contribution in [0.3, 0.4) is 0 Å². The van der Waals surface area contributed by atoms with Crippen LogP contribution in [0.2, 0.25) is 4.34 Å². The van der Waals surface area contributed by atoms with Crippen LogP contribution in [0.1, 0.15) is 5.56 Å². The first kappa shape index (κ1) is 12.9. The fraction of sp³-hybridized carbons (Fsp3) is 0.636. The van der Waals surface area contributed by atoms with Crippen LogP contribution in [0.4, 0.5) is 0 Å². The first-order valence-corrected chi connectivity index (χ1v) is 8.59. The molecule has 0 saturated carbocycles. The van der Waals surface area contributed by atoms with Crippen molar-refractivity contribution in [2.24, 2.45) is 11.8 Å². The Balaban J connectivity index is 1.87. The van der Waals surface area contributed by atoms with E-state index >= 15 is 0 Å². The van der Waals surface area contributed by atoms with Crippen molar-refractivity contribution in [3.05, 3.63) is 16.0 Å². The lowest BCUT2D eigenvalue weighted by atomic mass is 10.0. The second kappa shape index (κ2) is 4.45. The van der Waals surface area contributed by atoms with Gasteiger partial charge in [0.1, 0.15) is 4.21 Å². The zero-order valence-electron chi connectivity index (χ0n) is 10.0. The monoisotopic (exact) mass is 306 g/mol. The van der Waals surface area contributed by atoms with Crippen molar-refractivity contribution in [2.45, 2.75) is 11.1 Å². The van der Waals surface area contributed by atoms with Crippen molar-refractivity contribution in [3.8, 4) is 0 Å². The predicted molar refractivity (Wildman–Crippen MR) is 72.7 cm³/mol. The third-order valence-electron chi connectivity index (χ3n) is 3.78. The highest BCUT2D eigenvalue weighted by Gasteiger charge is 2.42. The number of fused-ring (bicyclic) bond motifs is 1. The molecule has 0 aromatic carbocycles. The minimum atomic E-state index is -3.34. The third-order valence-corrected chi connectivity index (χ3v) is 7.62. The minimum absolute atomic E-state index is 0.373. The molecule has 4 nitrogen and oxygen atoms in total. The molecule has 1 aromatic heterocycles. The van der Waals surface area contributed by atoms with E-state index in [9.17, 15) is 8.42 Å². The first-order chi connectivity index (χ1) is 8.48. The van der Waals surface area contributed by atoms with E-state index in [4.69, 9.17) is 11.6 Å². The predicted octanol–water partition coefficient (Wildman–Crippen LogP) is 1.55. The van der Waals surface area contributed by atoms with Gasteiger partial charge in [-0.25, -0.2) is 8.42 Å². The van der Waals surface area contributed by atoms with E-state index in [0.29, 0.717) is 33.5 Å². The Labute approximate surface area is 116 Å². The fourth-order valence-electron chi connectivity index (χ4n) is 2.69. The molecule has 0 amide bonds. The van der Waals surface area contributed by atoms with Crippen LogP contribution < -0.4 is 5.32 Å². The summed E-state index contributed by atoms with van der Waals surface area (Å²) in [6.07, 6.45) is 0. The van der Waals surface area contributed by atoms with Gasteiger partial charge in [-0.2, -0.15) is 4.31 Å². The van der Waals surface area contributed by atoms with Crippen LogP contribution in [-0.2, 0) is 10.0 Å². The van der Waals surface area contributed by atoms with Gasteiger partial charge in [0.15, 0.2) is 0 Å². The molecule has 1 N–H and O–H groups in total. The molecule has 2 fully saturated rings. The summed E-state index contributed by atoms with van der Waals surface area (Å²) in [7, 11) is -3.34. The van der Waals surface area contributed by atoms with Crippen molar-refractivity contribution in [3.63, 3.8) is 0 Å². The highest BCUT2D eigenvalue weighted by Crippen LogP contribution is 2.35. The molecule has 1 aromatic rings. The molecule has 0 spiro atoms. The molecule has 7 heteroatoms. The summed E-state index contributed by atoms with van der Waals surface area (Å²) in [5.41, 5.74) is 0.835. The van der Waals surface area contributed by atoms with E-state index in [1.165, 1.54) is 0 Å². The summed E-state index contributed by atoms with van der Waals surface area (Å²) in [6, 6.07) is 1.68. The zero-order chi connectivity index (χ0) is 12.9. The van der Waals surface area contributed by atoms with Crippen LogP contribution >= 0.6 is 22.9 Å². The summed E-state index contributed by atoms with van der Waals surface area (Å²) >= 11 is 7.12. The van der Waals surface area contributed by atoms with Crippen LogP contribution in [0.5, 0.6) is 0 Å². The number of rotatable bonds is 2. The molecule has 0 bridgehead atoms. The van der Waals surface area contributed by atoms with E-state index < -0.39 is 10.0 Å². The lowest BCUT2D eigenvalue weighted by molar-refractivity contribution is 0.449. The van der Waals surface area contributed by atoms with Gasteiger partial charge in [0, 0.05) is 13.1 Å². The molecule has 2 atom stereocenters. The quantitative estimate of drug-likeness (QED) is 0.902. The van der Waals surface area contributed by atoms with Gasteiger partial charge in [-0.3, -0.25) is 0 Å². The van der Waals surface area contributed by atoms with Crippen LogP contribution in [0.25, 0.3) is 0 Å². The number of nitrogens with one attached hydrogen (secondary N) is 1. The maximum Gasteiger partial charge on any atom is 0.252 e. The van der Waals surface area contributed by atoms with Crippen LogP contribution in [0.15, 0.2) is 10.3 Å². The molecule has 2 aliphatic rings. The standard InChI is InChI=1S/C11H15ClN2O2S2/c1-7-2-10(17-11(7)12)18(15,16)14-5-8-3-13-4-9(8)6-14/h2,8-9,13H,3-6H2,1H3/t8-,9+. The second-order valence-electron chi connectivity index (χ2n) is 5.02. The number of nitrogens with zero attached hydrogens (tertiary/aromatic N) is 1. The average Bonchev–Trinajstić information content (AvgIpc) is 2.93. The molecule has 0 aliphatic carbocycles. The zero-order valence-corrected chi connectivity index (χ0v) is 12.4. The fourth-order valence-corrected chi connectivity index (χ4v) is 6.11. The van der Waals surface area contributed by atoms with Crippen molar-refractivity contribution < 1.29 is 8.42 Å². The molecule has 2 aliphatic heterocycles. The first-order valence-electron chi connectivity index (χ1n) is 5.95. The van der Waals surface area contributed by atoms with Gasteiger partial charge in [-0.1, -0.05) is 11.6 Å². The number of aryl methyl sites for hydroxylation is 1. The molecule has 100 valence electrons. The summed E-state index contributed by atoms with van der Waals surface area (Å²) < 4.78 is 27.5. The summed E-state index contributed by atoms with van der Waals surface area (Å²) in [4.78, 5) is 0. The van der Waals surface area contributed by atoms with E-state index in [1.54, 1.807) is 10.4 Å². The molecule has 0 unspecified atom stereocenters. The highest BCUT2D eigenvalue weighted by atomic mass is 35.5. The van der Waals surface area contributed by atoms with E-state index in [2.05, 4.69) is 5.32 Å². The van der Waals surface area contributed by atoms with Gasteiger partial charge in [-0.05, 0) is 43.5 Å². The Morgan fingerprint density at radius 2 is 2.00 bits per heavy atom. The molecule has 3 heterocycles. The van der Waals surface area contributed by atoms with Gasteiger partial charge in [0.2, 0.25) is 0 Å². The molecule has 2 saturated heterocycles. The molecule has 3 rings (SSSR count). The molecule has 18 heavy (non-hydrogen) atoms. The maximum absolute atomic E-state index is 12.5. The van der Waals surface area contributed by atoms with Gasteiger partial charge < -0.3 is 5.32 Å². The number of thiophene rings is 1. The Hall–Kier alpha value is -0.140. The smallest absolute Gasteiger partial charge is 0.252 e. The lowest BCUT2D eigenvalue weighted by Gasteiger charge is -2.15. The van der Waals surface area contributed by atoms with Gasteiger partial charge in [0.05, 0.1) is 4.34 Å². The van der Waals surface area contributed by atoms with Crippen molar-refractivity contribution in [1.29, 1.82) is 0 Å².